The second kappa shape index (κ2) is 7.84. The minimum absolute atomic E-state index is 0.0543. The molecule has 0 aliphatic rings. The Hall–Kier alpha value is -0.530. The molecule has 0 rings (SSSR count). The molecule has 1 N–H and O–H groups in total. The molecule has 0 fully saturated rings. The Kier molecular flexibility index (Phi) is 8.91. The van der Waals surface area contributed by atoms with E-state index in [0.29, 0.717) is 5.92 Å². The van der Waals surface area contributed by atoms with Crippen molar-refractivity contribution in [2.24, 2.45) is 5.92 Å². The highest BCUT2D eigenvalue weighted by molar-refractivity contribution is 5.73. The third-order valence-corrected chi connectivity index (χ3v) is 2.07. The van der Waals surface area contributed by atoms with Crippen molar-refractivity contribution < 1.29 is 4.79 Å². The van der Waals surface area contributed by atoms with Crippen molar-refractivity contribution in [2.45, 2.75) is 66.8 Å². The average molecular weight is 201 g/mol. The predicted molar refractivity (Wildman–Crippen MR) is 63.3 cm³/mol. The van der Waals surface area contributed by atoms with E-state index in [1.165, 1.54) is 6.42 Å². The zero-order valence-corrected chi connectivity index (χ0v) is 10.9. The molecule has 14 heavy (non-hydrogen) atoms. The number of rotatable bonds is 4. The van der Waals surface area contributed by atoms with E-state index in [4.69, 9.17) is 0 Å². The van der Waals surface area contributed by atoms with Crippen LogP contribution in [0, 0.1) is 5.92 Å². The van der Waals surface area contributed by atoms with E-state index in [0.717, 1.165) is 6.42 Å². The smallest absolute Gasteiger partial charge is 0.217 e. The second-order valence-electron chi connectivity index (χ2n) is 4.28. The van der Waals surface area contributed by atoms with Gasteiger partial charge in [0.2, 0.25) is 5.91 Å². The Morgan fingerprint density at radius 2 is 1.79 bits per heavy atom. The molecule has 1 atom stereocenters. The van der Waals surface area contributed by atoms with Gasteiger partial charge in [0.15, 0.2) is 0 Å². The molecule has 0 radical (unpaired) electrons. The van der Waals surface area contributed by atoms with Gasteiger partial charge in [-0.2, -0.15) is 0 Å². The molecule has 86 valence electrons. The summed E-state index contributed by atoms with van der Waals surface area (Å²) in [6.07, 6.45) is 2.21. The standard InChI is InChI=1S/C10H21NO.C2H6/c1-6-8(2)7-10(4,5)11-9(3)12;1-2/h8H,6-7H2,1-5H3,(H,11,12);1-2H3. The lowest BCUT2D eigenvalue weighted by Crippen LogP contribution is -2.43. The molecule has 0 saturated heterocycles. The van der Waals surface area contributed by atoms with E-state index in [1.54, 1.807) is 6.92 Å². The number of hydrogen-bond acceptors (Lipinski definition) is 1. The molecule has 0 aromatic heterocycles. The van der Waals surface area contributed by atoms with Gasteiger partial charge in [-0.15, -0.1) is 0 Å². The van der Waals surface area contributed by atoms with Crippen molar-refractivity contribution in [2.75, 3.05) is 0 Å². The van der Waals surface area contributed by atoms with Crippen LogP contribution in [0.25, 0.3) is 0 Å². The highest BCUT2D eigenvalue weighted by atomic mass is 16.1. The zero-order valence-electron chi connectivity index (χ0n) is 10.9. The summed E-state index contributed by atoms with van der Waals surface area (Å²) >= 11 is 0. The fourth-order valence-corrected chi connectivity index (χ4v) is 1.54. The number of nitrogens with one attached hydrogen (secondary N) is 1. The molecule has 2 heteroatoms. The summed E-state index contributed by atoms with van der Waals surface area (Å²) in [4.78, 5) is 10.8. The van der Waals surface area contributed by atoms with Crippen LogP contribution in [0.5, 0.6) is 0 Å². The summed E-state index contributed by atoms with van der Waals surface area (Å²) in [6, 6.07) is 0. The highest BCUT2D eigenvalue weighted by Gasteiger charge is 2.20. The van der Waals surface area contributed by atoms with E-state index in [2.05, 4.69) is 33.0 Å². The normalized spacial score (nSPS) is 12.5. The quantitative estimate of drug-likeness (QED) is 0.742. The summed E-state index contributed by atoms with van der Waals surface area (Å²) in [5.41, 5.74) is -0.0543. The van der Waals surface area contributed by atoms with Gasteiger partial charge in [0.25, 0.3) is 0 Å². The Morgan fingerprint density at radius 3 is 2.07 bits per heavy atom. The molecule has 0 saturated carbocycles. The van der Waals surface area contributed by atoms with E-state index in [1.807, 2.05) is 13.8 Å². The molecule has 0 aliphatic carbocycles. The van der Waals surface area contributed by atoms with Crippen molar-refractivity contribution in [1.82, 2.24) is 5.32 Å². The zero-order chi connectivity index (χ0) is 11.8. The summed E-state index contributed by atoms with van der Waals surface area (Å²) in [6.45, 7) is 14.1. The van der Waals surface area contributed by atoms with E-state index in [9.17, 15) is 4.79 Å². The van der Waals surface area contributed by atoms with Crippen molar-refractivity contribution in [3.63, 3.8) is 0 Å². The first kappa shape index (κ1) is 15.9. The van der Waals surface area contributed by atoms with Gasteiger partial charge in [-0.1, -0.05) is 34.1 Å². The Balaban J connectivity index is 0. The summed E-state index contributed by atoms with van der Waals surface area (Å²) < 4.78 is 0. The average Bonchev–Trinajstić information content (AvgIpc) is 2.04. The lowest BCUT2D eigenvalue weighted by Gasteiger charge is -2.28. The second-order valence-corrected chi connectivity index (χ2v) is 4.28. The maximum absolute atomic E-state index is 10.8. The molecular formula is C12H27NO. The van der Waals surface area contributed by atoms with Crippen LogP contribution in [0.2, 0.25) is 0 Å². The van der Waals surface area contributed by atoms with Crippen molar-refractivity contribution in [1.29, 1.82) is 0 Å². The molecule has 0 bridgehead atoms. The lowest BCUT2D eigenvalue weighted by atomic mass is 9.90. The number of carbonyl (C=O) groups is 1. The van der Waals surface area contributed by atoms with Gasteiger partial charge in [-0.3, -0.25) is 4.79 Å². The first-order chi connectivity index (χ1) is 6.37. The molecule has 0 heterocycles. The Labute approximate surface area is 89.5 Å². The Morgan fingerprint density at radius 1 is 1.36 bits per heavy atom. The van der Waals surface area contributed by atoms with E-state index < -0.39 is 0 Å². The van der Waals surface area contributed by atoms with Crippen LogP contribution in [0.4, 0.5) is 0 Å². The highest BCUT2D eigenvalue weighted by Crippen LogP contribution is 2.18. The lowest BCUT2D eigenvalue weighted by molar-refractivity contribution is -0.120. The topological polar surface area (TPSA) is 29.1 Å². The molecule has 0 aliphatic heterocycles. The fourth-order valence-electron chi connectivity index (χ4n) is 1.54. The van der Waals surface area contributed by atoms with Crippen LogP contribution in [0.3, 0.4) is 0 Å². The van der Waals surface area contributed by atoms with Crippen molar-refractivity contribution >= 4 is 5.91 Å². The maximum Gasteiger partial charge on any atom is 0.217 e. The van der Waals surface area contributed by atoms with Crippen LogP contribution in [-0.4, -0.2) is 11.4 Å². The van der Waals surface area contributed by atoms with Crippen molar-refractivity contribution in [3.05, 3.63) is 0 Å². The SMILES string of the molecule is CC.CCC(C)CC(C)(C)NC(C)=O. The number of carbonyl (C=O) groups excluding carboxylic acids is 1. The van der Waals surface area contributed by atoms with Crippen molar-refractivity contribution in [3.8, 4) is 0 Å². The molecule has 1 unspecified atom stereocenters. The molecule has 2 nitrogen and oxygen atoms in total. The van der Waals surface area contributed by atoms with Gasteiger partial charge >= 0.3 is 0 Å². The third-order valence-electron chi connectivity index (χ3n) is 2.07. The van der Waals surface area contributed by atoms with Gasteiger partial charge in [0.05, 0.1) is 0 Å². The van der Waals surface area contributed by atoms with Crippen LogP contribution in [0.1, 0.15) is 61.3 Å². The fraction of sp³-hybridized carbons (Fsp3) is 0.917. The number of hydrogen-bond donors (Lipinski definition) is 1. The van der Waals surface area contributed by atoms with Crippen LogP contribution < -0.4 is 5.32 Å². The Bertz CT molecular complexity index is 152. The molecule has 0 aromatic rings. The van der Waals surface area contributed by atoms with E-state index in [-0.39, 0.29) is 11.4 Å². The van der Waals surface area contributed by atoms with E-state index >= 15 is 0 Å². The first-order valence-electron chi connectivity index (χ1n) is 5.66. The van der Waals surface area contributed by atoms with Gasteiger partial charge < -0.3 is 5.32 Å². The van der Waals surface area contributed by atoms with Crippen LogP contribution in [-0.2, 0) is 4.79 Å². The minimum Gasteiger partial charge on any atom is -0.351 e. The van der Waals surface area contributed by atoms with Gasteiger partial charge in [-0.25, -0.2) is 0 Å². The molecule has 1 amide bonds. The molecular weight excluding hydrogens is 174 g/mol. The largest absolute Gasteiger partial charge is 0.351 e. The van der Waals surface area contributed by atoms with Gasteiger partial charge in [-0.05, 0) is 26.2 Å². The monoisotopic (exact) mass is 201 g/mol. The minimum atomic E-state index is -0.0543. The maximum atomic E-state index is 10.8. The summed E-state index contributed by atoms with van der Waals surface area (Å²) in [5.74, 6) is 0.732. The predicted octanol–water partition coefficient (Wildman–Crippen LogP) is 3.36. The van der Waals surface area contributed by atoms with Gasteiger partial charge in [0, 0.05) is 12.5 Å². The first-order valence-corrected chi connectivity index (χ1v) is 5.66. The molecule has 0 aromatic carbocycles. The van der Waals surface area contributed by atoms with Gasteiger partial charge in [0.1, 0.15) is 0 Å². The van der Waals surface area contributed by atoms with Crippen LogP contribution in [0.15, 0.2) is 0 Å². The summed E-state index contributed by atoms with van der Waals surface area (Å²) in [5, 5.41) is 2.95. The summed E-state index contributed by atoms with van der Waals surface area (Å²) in [7, 11) is 0. The number of amides is 1. The third kappa shape index (κ3) is 9.56. The van der Waals surface area contributed by atoms with Crippen LogP contribution >= 0.6 is 0 Å². The molecule has 0 spiro atoms.